The maximum absolute atomic E-state index is 6.03. The molecule has 0 aliphatic rings. The number of nitrogens with two attached hydrogens (primary N) is 2. The molecule has 0 aromatic heterocycles. The Labute approximate surface area is 107 Å². The van der Waals surface area contributed by atoms with Gasteiger partial charge in [0.15, 0.2) is 0 Å². The molecular weight excluding hydrogens is 224 g/mol. The van der Waals surface area contributed by atoms with Gasteiger partial charge < -0.3 is 16.2 Å². The third-order valence-corrected chi connectivity index (χ3v) is 2.96. The summed E-state index contributed by atoms with van der Waals surface area (Å²) in [6.45, 7) is 0.671. The van der Waals surface area contributed by atoms with E-state index in [9.17, 15) is 0 Å². The molecule has 0 bridgehead atoms. The molecule has 2 rings (SSSR count). The van der Waals surface area contributed by atoms with Crippen molar-refractivity contribution in [1.29, 1.82) is 0 Å². The Morgan fingerprint density at radius 3 is 2.33 bits per heavy atom. The zero-order valence-electron chi connectivity index (χ0n) is 10.5. The second kappa shape index (κ2) is 5.56. The van der Waals surface area contributed by atoms with Gasteiger partial charge in [0, 0.05) is 17.3 Å². The van der Waals surface area contributed by atoms with Gasteiger partial charge in [0.1, 0.15) is 5.75 Å². The fourth-order valence-electron chi connectivity index (χ4n) is 1.95. The van der Waals surface area contributed by atoms with E-state index in [1.807, 2.05) is 18.2 Å². The van der Waals surface area contributed by atoms with Gasteiger partial charge in [0.05, 0.1) is 7.11 Å². The molecule has 0 heterocycles. The van der Waals surface area contributed by atoms with E-state index in [0.29, 0.717) is 6.54 Å². The molecule has 94 valence electrons. The Kier molecular flexibility index (Phi) is 3.85. The largest absolute Gasteiger partial charge is 0.497 e. The minimum Gasteiger partial charge on any atom is -0.497 e. The van der Waals surface area contributed by atoms with Gasteiger partial charge in [-0.2, -0.15) is 0 Å². The maximum atomic E-state index is 6.03. The van der Waals surface area contributed by atoms with Crippen molar-refractivity contribution in [1.82, 2.24) is 0 Å². The topological polar surface area (TPSA) is 61.3 Å². The van der Waals surface area contributed by atoms with E-state index in [2.05, 4.69) is 24.3 Å². The van der Waals surface area contributed by atoms with E-state index in [1.165, 1.54) is 5.56 Å². The van der Waals surface area contributed by atoms with Crippen LogP contribution in [0.4, 0.5) is 5.69 Å². The minimum atomic E-state index is 0.671. The Morgan fingerprint density at radius 2 is 1.78 bits per heavy atom. The Morgan fingerprint density at radius 1 is 1.06 bits per heavy atom. The highest BCUT2D eigenvalue weighted by Gasteiger charge is 2.04. The van der Waals surface area contributed by atoms with E-state index in [0.717, 1.165) is 29.0 Å². The first-order valence-corrected chi connectivity index (χ1v) is 5.97. The number of nitrogen functional groups attached to an aromatic ring is 1. The van der Waals surface area contributed by atoms with Crippen molar-refractivity contribution in [3.05, 3.63) is 48.0 Å². The molecule has 0 spiro atoms. The number of benzene rings is 2. The first-order chi connectivity index (χ1) is 8.74. The number of hydrogen-bond acceptors (Lipinski definition) is 3. The molecule has 0 unspecified atom stereocenters. The van der Waals surface area contributed by atoms with Crippen LogP contribution in [0.3, 0.4) is 0 Å². The molecule has 0 radical (unpaired) electrons. The van der Waals surface area contributed by atoms with Crippen LogP contribution in [-0.2, 0) is 6.42 Å². The summed E-state index contributed by atoms with van der Waals surface area (Å²) >= 11 is 0. The summed E-state index contributed by atoms with van der Waals surface area (Å²) in [4.78, 5) is 0. The average molecular weight is 242 g/mol. The molecule has 0 fully saturated rings. The molecule has 2 aromatic rings. The number of rotatable bonds is 4. The molecule has 0 aliphatic carbocycles. The van der Waals surface area contributed by atoms with Crippen molar-refractivity contribution in [2.45, 2.75) is 6.42 Å². The second-order valence-corrected chi connectivity index (χ2v) is 4.19. The van der Waals surface area contributed by atoms with Gasteiger partial charge in [0.2, 0.25) is 0 Å². The van der Waals surface area contributed by atoms with Gasteiger partial charge in [-0.05, 0) is 36.2 Å². The zero-order valence-corrected chi connectivity index (χ0v) is 10.5. The standard InChI is InChI=1S/C15H18N2O/c1-18-13-6-7-14(15(17)10-13)12-4-2-11(3-5-12)8-9-16/h2-7,10H,8-9,16-17H2,1H3. The number of hydrogen-bond donors (Lipinski definition) is 2. The van der Waals surface area contributed by atoms with E-state index in [1.54, 1.807) is 7.11 Å². The van der Waals surface area contributed by atoms with Gasteiger partial charge in [0.25, 0.3) is 0 Å². The molecule has 0 amide bonds. The van der Waals surface area contributed by atoms with Crippen molar-refractivity contribution in [2.75, 3.05) is 19.4 Å². The van der Waals surface area contributed by atoms with E-state index < -0.39 is 0 Å². The highest BCUT2D eigenvalue weighted by Crippen LogP contribution is 2.29. The van der Waals surface area contributed by atoms with Gasteiger partial charge >= 0.3 is 0 Å². The maximum Gasteiger partial charge on any atom is 0.120 e. The highest BCUT2D eigenvalue weighted by molar-refractivity contribution is 5.77. The fraction of sp³-hybridized carbons (Fsp3) is 0.200. The van der Waals surface area contributed by atoms with Gasteiger partial charge in [-0.25, -0.2) is 0 Å². The summed E-state index contributed by atoms with van der Waals surface area (Å²) in [6.07, 6.45) is 0.901. The normalized spacial score (nSPS) is 10.3. The number of anilines is 1. The van der Waals surface area contributed by atoms with Crippen LogP contribution in [0.5, 0.6) is 5.75 Å². The van der Waals surface area contributed by atoms with Crippen molar-refractivity contribution in [2.24, 2.45) is 5.73 Å². The quantitative estimate of drug-likeness (QED) is 0.809. The van der Waals surface area contributed by atoms with Crippen LogP contribution < -0.4 is 16.2 Å². The summed E-state index contributed by atoms with van der Waals surface area (Å²) in [6, 6.07) is 14.1. The Balaban J connectivity index is 2.30. The predicted octanol–water partition coefficient (Wildman–Crippen LogP) is 2.45. The van der Waals surface area contributed by atoms with E-state index in [-0.39, 0.29) is 0 Å². The zero-order chi connectivity index (χ0) is 13.0. The van der Waals surface area contributed by atoms with Crippen molar-refractivity contribution in [3.63, 3.8) is 0 Å². The van der Waals surface area contributed by atoms with Crippen molar-refractivity contribution >= 4 is 5.69 Å². The van der Waals surface area contributed by atoms with Crippen LogP contribution in [-0.4, -0.2) is 13.7 Å². The summed E-state index contributed by atoms with van der Waals surface area (Å²) in [5.74, 6) is 0.774. The lowest BCUT2D eigenvalue weighted by Crippen LogP contribution is -2.02. The molecule has 0 saturated carbocycles. The molecule has 18 heavy (non-hydrogen) atoms. The minimum absolute atomic E-state index is 0.671. The van der Waals surface area contributed by atoms with Crippen molar-refractivity contribution < 1.29 is 4.74 Å². The number of methoxy groups -OCH3 is 1. The molecule has 0 saturated heterocycles. The van der Waals surface area contributed by atoms with Gasteiger partial charge in [-0.1, -0.05) is 24.3 Å². The molecule has 3 heteroatoms. The van der Waals surface area contributed by atoms with Crippen LogP contribution in [0.15, 0.2) is 42.5 Å². The van der Waals surface area contributed by atoms with E-state index >= 15 is 0 Å². The first kappa shape index (κ1) is 12.5. The van der Waals surface area contributed by atoms with Crippen LogP contribution in [0.2, 0.25) is 0 Å². The molecule has 4 N–H and O–H groups in total. The molecule has 0 atom stereocenters. The number of ether oxygens (including phenoxy) is 1. The predicted molar refractivity (Wildman–Crippen MR) is 75.6 cm³/mol. The monoisotopic (exact) mass is 242 g/mol. The fourth-order valence-corrected chi connectivity index (χ4v) is 1.95. The summed E-state index contributed by atoms with van der Waals surface area (Å²) in [5, 5.41) is 0. The lowest BCUT2D eigenvalue weighted by atomic mass is 10.0. The SMILES string of the molecule is COc1ccc(-c2ccc(CCN)cc2)c(N)c1. The Hall–Kier alpha value is -2.00. The smallest absolute Gasteiger partial charge is 0.120 e. The lowest BCUT2D eigenvalue weighted by molar-refractivity contribution is 0.415. The third-order valence-electron chi connectivity index (χ3n) is 2.96. The van der Waals surface area contributed by atoms with Gasteiger partial charge in [-0.15, -0.1) is 0 Å². The molecule has 2 aromatic carbocycles. The average Bonchev–Trinajstić information content (AvgIpc) is 2.40. The van der Waals surface area contributed by atoms with Crippen LogP contribution in [0.1, 0.15) is 5.56 Å². The van der Waals surface area contributed by atoms with E-state index in [4.69, 9.17) is 16.2 Å². The highest BCUT2D eigenvalue weighted by atomic mass is 16.5. The first-order valence-electron chi connectivity index (χ1n) is 5.97. The summed E-state index contributed by atoms with van der Waals surface area (Å²) in [5.41, 5.74) is 15.7. The van der Waals surface area contributed by atoms with Gasteiger partial charge in [-0.3, -0.25) is 0 Å². The Bertz CT molecular complexity index is 521. The summed E-state index contributed by atoms with van der Waals surface area (Å²) in [7, 11) is 1.63. The van der Waals surface area contributed by atoms with Crippen LogP contribution >= 0.6 is 0 Å². The van der Waals surface area contributed by atoms with Crippen LogP contribution in [0.25, 0.3) is 11.1 Å². The van der Waals surface area contributed by atoms with Crippen molar-refractivity contribution in [3.8, 4) is 16.9 Å². The molecule has 0 aliphatic heterocycles. The second-order valence-electron chi connectivity index (χ2n) is 4.19. The molecule has 3 nitrogen and oxygen atoms in total. The third kappa shape index (κ3) is 2.63. The summed E-state index contributed by atoms with van der Waals surface area (Å²) < 4.78 is 5.14. The molecular formula is C15H18N2O. The lowest BCUT2D eigenvalue weighted by Gasteiger charge is -2.09. The van der Waals surface area contributed by atoms with Crippen LogP contribution in [0, 0.1) is 0 Å².